The van der Waals surface area contributed by atoms with Crippen LogP contribution in [0.15, 0.2) is 35.5 Å². The van der Waals surface area contributed by atoms with E-state index in [1.807, 2.05) is 0 Å². The van der Waals surface area contributed by atoms with Gasteiger partial charge in [-0.2, -0.15) is 0 Å². The predicted octanol–water partition coefficient (Wildman–Crippen LogP) is 8.62. The Morgan fingerprint density at radius 2 is 1.42 bits per heavy atom. The van der Waals surface area contributed by atoms with Gasteiger partial charge in [0.25, 0.3) is 0 Å². The molecule has 0 aliphatic heterocycles. The third-order valence-electron chi connectivity index (χ3n) is 9.03. The Kier molecular flexibility index (Phi) is 7.00. The van der Waals surface area contributed by atoms with Gasteiger partial charge in [0.15, 0.2) is 16.6 Å². The average Bonchev–Trinajstić information content (AvgIpc) is 3.16. The number of fused-ring (bicyclic) bond motifs is 5. The van der Waals surface area contributed by atoms with E-state index < -0.39 is 16.6 Å². The fraction of sp³-hybridized carbons (Fsp3) is 0.567. The molecule has 6 heteroatoms. The molecule has 2 aliphatic rings. The highest BCUT2D eigenvalue weighted by molar-refractivity contribution is 6.74. The first kappa shape index (κ1) is 27.3. The van der Waals surface area contributed by atoms with Gasteiger partial charge in [0.1, 0.15) is 7.11 Å². The first-order valence-corrected chi connectivity index (χ1v) is 19.1. The molecular formula is C30H45NO3Si2. The Morgan fingerprint density at radius 1 is 0.806 bits per heavy atom. The minimum Gasteiger partial charge on any atom is -0.408 e. The van der Waals surface area contributed by atoms with Crippen LogP contribution in [-0.4, -0.2) is 35.6 Å². The van der Waals surface area contributed by atoms with Crippen LogP contribution in [0.3, 0.4) is 0 Å². The van der Waals surface area contributed by atoms with Crippen LogP contribution in [-0.2, 0) is 20.1 Å². The zero-order valence-electron chi connectivity index (χ0n) is 24.2. The lowest BCUT2D eigenvalue weighted by atomic mass is 9.87. The fourth-order valence-electron chi connectivity index (χ4n) is 4.78. The van der Waals surface area contributed by atoms with Crippen LogP contribution in [0.25, 0.3) is 16.8 Å². The van der Waals surface area contributed by atoms with E-state index in [0.29, 0.717) is 0 Å². The largest absolute Gasteiger partial charge is 0.408 e. The van der Waals surface area contributed by atoms with E-state index in [2.05, 4.69) is 109 Å². The molecule has 0 bridgehead atoms. The van der Waals surface area contributed by atoms with Gasteiger partial charge >= 0.3 is 0 Å². The summed E-state index contributed by atoms with van der Waals surface area (Å²) in [5.41, 5.74) is 6.16. The molecule has 2 aromatic rings. The summed E-state index contributed by atoms with van der Waals surface area (Å²) in [5, 5.41) is 7.12. The first-order chi connectivity index (χ1) is 16.6. The lowest BCUT2D eigenvalue weighted by Gasteiger charge is -2.45. The van der Waals surface area contributed by atoms with Gasteiger partial charge in [0, 0.05) is 5.56 Å². The van der Waals surface area contributed by atoms with Crippen molar-refractivity contribution in [1.29, 1.82) is 0 Å². The van der Waals surface area contributed by atoms with Crippen molar-refractivity contribution in [2.45, 2.75) is 103 Å². The molecule has 0 saturated carbocycles. The summed E-state index contributed by atoms with van der Waals surface area (Å²) < 4.78 is 14.2. The maximum Gasteiger partial charge on any atom is 0.193 e. The summed E-state index contributed by atoms with van der Waals surface area (Å²) in [4.78, 5) is 5.10. The van der Waals surface area contributed by atoms with Gasteiger partial charge in [-0.25, -0.2) is 0 Å². The van der Waals surface area contributed by atoms with E-state index in [-0.39, 0.29) is 22.3 Å². The zero-order valence-corrected chi connectivity index (χ0v) is 26.2. The monoisotopic (exact) mass is 523 g/mol. The number of rotatable bonds is 5. The highest BCUT2D eigenvalue weighted by Gasteiger charge is 2.45. The van der Waals surface area contributed by atoms with Gasteiger partial charge in [-0.1, -0.05) is 83.1 Å². The molecule has 0 heterocycles. The van der Waals surface area contributed by atoms with E-state index in [1.54, 1.807) is 7.11 Å². The van der Waals surface area contributed by atoms with Crippen LogP contribution >= 0.6 is 0 Å². The quantitative estimate of drug-likeness (QED) is 0.291. The molecule has 0 aromatic heterocycles. The predicted molar refractivity (Wildman–Crippen MR) is 158 cm³/mol. The minimum absolute atomic E-state index is 0.0835. The number of hydrogen-bond donors (Lipinski definition) is 0. The summed E-state index contributed by atoms with van der Waals surface area (Å²) in [5.74, 6) is 0. The molecule has 2 atom stereocenters. The van der Waals surface area contributed by atoms with Crippen molar-refractivity contribution < 1.29 is 13.7 Å². The molecule has 0 N–H and O–H groups in total. The summed E-state index contributed by atoms with van der Waals surface area (Å²) in [6.45, 7) is 23.2. The number of hydrogen-bond acceptors (Lipinski definition) is 4. The summed E-state index contributed by atoms with van der Waals surface area (Å²) >= 11 is 0. The summed E-state index contributed by atoms with van der Waals surface area (Å²) in [6.07, 6.45) is 6.29. The van der Waals surface area contributed by atoms with Gasteiger partial charge in [0.05, 0.1) is 17.9 Å². The van der Waals surface area contributed by atoms with Crippen molar-refractivity contribution in [3.8, 4) is 0 Å². The lowest BCUT2D eigenvalue weighted by molar-refractivity contribution is 0.0618. The van der Waals surface area contributed by atoms with E-state index in [1.165, 1.54) is 33.0 Å². The molecule has 4 nitrogen and oxygen atoms in total. The van der Waals surface area contributed by atoms with Crippen molar-refractivity contribution in [2.75, 3.05) is 7.11 Å². The Bertz CT molecular complexity index is 1220. The van der Waals surface area contributed by atoms with E-state index >= 15 is 0 Å². The van der Waals surface area contributed by atoms with Gasteiger partial charge in [0.2, 0.25) is 0 Å². The van der Waals surface area contributed by atoms with Crippen molar-refractivity contribution in [2.24, 2.45) is 5.16 Å². The Hall–Kier alpha value is -1.74. The van der Waals surface area contributed by atoms with Crippen LogP contribution in [0.1, 0.15) is 76.3 Å². The molecule has 0 saturated heterocycles. The maximum absolute atomic E-state index is 7.18. The molecule has 4 rings (SSSR count). The van der Waals surface area contributed by atoms with Crippen molar-refractivity contribution in [3.63, 3.8) is 0 Å². The second-order valence-corrected chi connectivity index (χ2v) is 23.0. The van der Waals surface area contributed by atoms with Crippen molar-refractivity contribution in [1.82, 2.24) is 0 Å². The van der Waals surface area contributed by atoms with Gasteiger partial charge in [-0.05, 0) is 76.6 Å². The standard InChI is InChI=1S/C30H45NO3Si2/c1-29(2,3)35(8,9)33-27-19-17-23-21-12-14-24-22(16-18-26(24)31-32-7)20(21)13-15-25(23)28(27)34-36(10,11)30(4,5)6/h12-15,17,19,27-28H,16,18H2,1-11H3/t27-,28-/m0/s1. The molecule has 0 amide bonds. The average molecular weight is 524 g/mol. The molecule has 196 valence electrons. The molecule has 2 aromatic carbocycles. The summed E-state index contributed by atoms with van der Waals surface area (Å²) in [7, 11) is -2.43. The number of aryl methyl sites for hydroxylation is 1. The molecular weight excluding hydrogens is 479 g/mol. The maximum atomic E-state index is 7.18. The zero-order chi connectivity index (χ0) is 26.7. The van der Waals surface area contributed by atoms with Crippen LogP contribution in [0, 0.1) is 0 Å². The molecule has 36 heavy (non-hydrogen) atoms. The molecule has 0 spiro atoms. The van der Waals surface area contributed by atoms with Crippen molar-refractivity contribution >= 4 is 39.2 Å². The lowest BCUT2D eigenvalue weighted by Crippen LogP contribution is -2.49. The second-order valence-electron chi connectivity index (χ2n) is 13.5. The minimum atomic E-state index is -2.05. The molecule has 0 fully saturated rings. The van der Waals surface area contributed by atoms with Crippen molar-refractivity contribution in [3.05, 3.63) is 52.6 Å². The fourth-order valence-corrected chi connectivity index (χ4v) is 7.26. The topological polar surface area (TPSA) is 40.0 Å². The number of nitrogens with zero attached hydrogens (tertiary/aromatic N) is 1. The number of oxime groups is 1. The third kappa shape index (κ3) is 4.78. The smallest absolute Gasteiger partial charge is 0.193 e. The van der Waals surface area contributed by atoms with E-state index in [0.717, 1.165) is 18.6 Å². The Balaban J connectivity index is 1.84. The van der Waals surface area contributed by atoms with Gasteiger partial charge in [-0.3, -0.25) is 0 Å². The Labute approximate surface area is 220 Å². The number of benzene rings is 2. The Morgan fingerprint density at radius 3 is 2.03 bits per heavy atom. The second kappa shape index (κ2) is 9.23. The van der Waals surface area contributed by atoms with Gasteiger partial charge < -0.3 is 13.7 Å². The summed E-state index contributed by atoms with van der Waals surface area (Å²) in [6, 6.07) is 9.07. The third-order valence-corrected chi connectivity index (χ3v) is 18.0. The molecule has 0 radical (unpaired) electrons. The highest BCUT2D eigenvalue weighted by Crippen LogP contribution is 2.47. The van der Waals surface area contributed by atoms with Crippen LogP contribution in [0.5, 0.6) is 0 Å². The first-order valence-electron chi connectivity index (χ1n) is 13.3. The van der Waals surface area contributed by atoms with Crippen LogP contribution < -0.4 is 0 Å². The van der Waals surface area contributed by atoms with E-state index in [9.17, 15) is 0 Å². The van der Waals surface area contributed by atoms with E-state index in [4.69, 9.17) is 13.7 Å². The molecule has 2 aliphatic carbocycles. The van der Waals surface area contributed by atoms with Gasteiger partial charge in [-0.15, -0.1) is 0 Å². The normalized spacial score (nSPS) is 21.7. The van der Waals surface area contributed by atoms with Crippen LogP contribution in [0.4, 0.5) is 0 Å². The highest BCUT2D eigenvalue weighted by atomic mass is 28.4. The SMILES string of the molecule is CON=C1CCc2c1ccc1c3c(ccc21)[C@H](O[Si](C)(C)C(C)(C)C)[C@@H](O[Si](C)(C)C(C)(C)C)C=C3. The molecule has 0 unspecified atom stereocenters. The van der Waals surface area contributed by atoms with Crippen LogP contribution in [0.2, 0.25) is 36.3 Å².